The molecule has 6 heteroatoms. The molecule has 1 aromatic rings. The van der Waals surface area contributed by atoms with Gasteiger partial charge < -0.3 is 20.8 Å². The predicted octanol–water partition coefficient (Wildman–Crippen LogP) is -0.313. The number of carboxylic acids is 1. The Morgan fingerprint density at radius 2 is 2.00 bits per heavy atom. The highest BCUT2D eigenvalue weighted by Gasteiger charge is 2.42. The van der Waals surface area contributed by atoms with Gasteiger partial charge in [-0.25, -0.2) is 4.79 Å². The van der Waals surface area contributed by atoms with Crippen molar-refractivity contribution in [1.82, 2.24) is 4.90 Å². The number of hydrogen-bond acceptors (Lipinski definition) is 4. The van der Waals surface area contributed by atoms with Crippen molar-refractivity contribution in [1.29, 1.82) is 0 Å². The first-order valence-electron chi connectivity index (χ1n) is 5.08. The summed E-state index contributed by atoms with van der Waals surface area (Å²) in [5, 5.41) is 18.3. The molecule has 0 radical (unpaired) electrons. The van der Waals surface area contributed by atoms with Gasteiger partial charge in [-0.15, -0.1) is 0 Å². The maximum atomic E-state index is 11.4. The van der Waals surface area contributed by atoms with E-state index in [1.807, 2.05) is 0 Å². The Morgan fingerprint density at radius 1 is 1.41 bits per heavy atom. The minimum Gasteiger partial charge on any atom is -0.508 e. The van der Waals surface area contributed by atoms with E-state index in [9.17, 15) is 9.59 Å². The zero-order valence-corrected chi connectivity index (χ0v) is 8.91. The number of hydrogen-bond donors (Lipinski definition) is 3. The molecule has 2 unspecified atom stereocenters. The molecule has 1 heterocycles. The number of rotatable bonds is 3. The van der Waals surface area contributed by atoms with Crippen LogP contribution in [0, 0.1) is 0 Å². The van der Waals surface area contributed by atoms with E-state index < -0.39 is 18.1 Å². The number of β-lactam (4-membered cyclic amide) rings is 1. The van der Waals surface area contributed by atoms with Crippen molar-refractivity contribution >= 4 is 11.9 Å². The number of carbonyl (C=O) groups is 2. The van der Waals surface area contributed by atoms with Gasteiger partial charge in [0.15, 0.2) is 6.04 Å². The Hall–Kier alpha value is -2.08. The first-order valence-corrected chi connectivity index (χ1v) is 5.08. The van der Waals surface area contributed by atoms with Gasteiger partial charge in [0, 0.05) is 6.54 Å². The van der Waals surface area contributed by atoms with Gasteiger partial charge in [0.1, 0.15) is 11.8 Å². The first kappa shape index (κ1) is 11.4. The lowest BCUT2D eigenvalue weighted by Gasteiger charge is -2.40. The van der Waals surface area contributed by atoms with Crippen LogP contribution in [0.3, 0.4) is 0 Å². The Labute approximate surface area is 97.3 Å². The second-order valence-corrected chi connectivity index (χ2v) is 3.93. The van der Waals surface area contributed by atoms with E-state index in [0.29, 0.717) is 5.56 Å². The highest BCUT2D eigenvalue weighted by atomic mass is 16.4. The minimum atomic E-state index is -1.11. The van der Waals surface area contributed by atoms with Crippen LogP contribution >= 0.6 is 0 Å². The summed E-state index contributed by atoms with van der Waals surface area (Å²) in [7, 11) is 0. The van der Waals surface area contributed by atoms with Gasteiger partial charge in [0.2, 0.25) is 5.91 Å². The third-order valence-electron chi connectivity index (χ3n) is 2.75. The third kappa shape index (κ3) is 1.94. The van der Waals surface area contributed by atoms with E-state index in [2.05, 4.69) is 0 Å². The van der Waals surface area contributed by atoms with E-state index in [-0.39, 0.29) is 18.2 Å². The van der Waals surface area contributed by atoms with Gasteiger partial charge in [-0.2, -0.15) is 0 Å². The third-order valence-corrected chi connectivity index (χ3v) is 2.75. The molecule has 1 fully saturated rings. The Bertz CT molecular complexity index is 457. The topological polar surface area (TPSA) is 104 Å². The van der Waals surface area contributed by atoms with Crippen LogP contribution in [0.4, 0.5) is 0 Å². The standard InChI is InChI=1S/C11H12N2O4/c12-8-5-13(10(8)15)9(11(16)17)6-1-3-7(14)4-2-6/h1-4,8-9,14H,5,12H2,(H,16,17). The summed E-state index contributed by atoms with van der Waals surface area (Å²) in [5.74, 6) is -1.44. The van der Waals surface area contributed by atoms with Crippen molar-refractivity contribution in [3.8, 4) is 5.75 Å². The molecule has 4 N–H and O–H groups in total. The maximum Gasteiger partial charge on any atom is 0.331 e. The lowest BCUT2D eigenvalue weighted by Crippen LogP contribution is -2.62. The molecular formula is C11H12N2O4. The van der Waals surface area contributed by atoms with Crippen LogP contribution in [0.5, 0.6) is 5.75 Å². The van der Waals surface area contributed by atoms with Gasteiger partial charge in [-0.1, -0.05) is 12.1 Å². The fourth-order valence-corrected chi connectivity index (χ4v) is 1.83. The molecular weight excluding hydrogens is 224 g/mol. The fourth-order valence-electron chi connectivity index (χ4n) is 1.83. The minimum absolute atomic E-state index is 0.0459. The zero-order valence-electron chi connectivity index (χ0n) is 8.91. The molecule has 0 aliphatic carbocycles. The molecule has 0 bridgehead atoms. The molecule has 1 amide bonds. The van der Waals surface area contributed by atoms with E-state index >= 15 is 0 Å². The van der Waals surface area contributed by atoms with Crippen LogP contribution in [0.25, 0.3) is 0 Å². The number of phenolic OH excluding ortho intramolecular Hbond substituents is 1. The monoisotopic (exact) mass is 236 g/mol. The zero-order chi connectivity index (χ0) is 12.6. The van der Waals surface area contributed by atoms with E-state index in [0.717, 1.165) is 0 Å². The second kappa shape index (κ2) is 4.06. The number of carbonyl (C=O) groups excluding carboxylic acids is 1. The fraction of sp³-hybridized carbons (Fsp3) is 0.273. The lowest BCUT2D eigenvalue weighted by atomic mass is 9.99. The van der Waals surface area contributed by atoms with Crippen LogP contribution < -0.4 is 5.73 Å². The molecule has 2 atom stereocenters. The van der Waals surface area contributed by atoms with Crippen molar-refractivity contribution in [3.63, 3.8) is 0 Å². The molecule has 17 heavy (non-hydrogen) atoms. The number of aromatic hydroxyl groups is 1. The highest BCUT2D eigenvalue weighted by Crippen LogP contribution is 2.27. The SMILES string of the molecule is NC1CN(C(C(=O)O)c2ccc(O)cc2)C1=O. The summed E-state index contributed by atoms with van der Waals surface area (Å²) < 4.78 is 0. The first-order chi connectivity index (χ1) is 8.00. The quantitative estimate of drug-likeness (QED) is 0.624. The number of amides is 1. The van der Waals surface area contributed by atoms with Crippen molar-refractivity contribution in [2.24, 2.45) is 5.73 Å². The van der Waals surface area contributed by atoms with E-state index in [4.69, 9.17) is 15.9 Å². The highest BCUT2D eigenvalue weighted by molar-refractivity contribution is 5.92. The number of likely N-dealkylation sites (tertiary alicyclic amines) is 1. The number of aliphatic carboxylic acids is 1. The van der Waals surface area contributed by atoms with Crippen LogP contribution in [0.2, 0.25) is 0 Å². The molecule has 0 spiro atoms. The number of carboxylic acid groups (broad SMARTS) is 1. The smallest absolute Gasteiger partial charge is 0.331 e. The summed E-state index contributed by atoms with van der Waals surface area (Å²) in [4.78, 5) is 23.8. The summed E-state index contributed by atoms with van der Waals surface area (Å²) in [6.07, 6.45) is 0. The van der Waals surface area contributed by atoms with Gasteiger partial charge >= 0.3 is 5.97 Å². The van der Waals surface area contributed by atoms with Crippen molar-refractivity contribution in [2.75, 3.05) is 6.54 Å². The molecule has 6 nitrogen and oxygen atoms in total. The molecule has 1 aliphatic heterocycles. The van der Waals surface area contributed by atoms with Crippen molar-refractivity contribution in [2.45, 2.75) is 12.1 Å². The van der Waals surface area contributed by atoms with Crippen LogP contribution in [-0.2, 0) is 9.59 Å². The summed E-state index contributed by atoms with van der Waals surface area (Å²) in [6, 6.07) is 4.08. The van der Waals surface area contributed by atoms with E-state index in [1.165, 1.54) is 29.2 Å². The van der Waals surface area contributed by atoms with Crippen LogP contribution in [0.15, 0.2) is 24.3 Å². The Balaban J connectivity index is 2.27. The van der Waals surface area contributed by atoms with Gasteiger partial charge in [-0.3, -0.25) is 4.79 Å². The Kier molecular flexibility index (Phi) is 2.72. The number of nitrogens with two attached hydrogens (primary N) is 1. The molecule has 1 aliphatic rings. The van der Waals surface area contributed by atoms with Crippen molar-refractivity contribution < 1.29 is 19.8 Å². The molecule has 90 valence electrons. The van der Waals surface area contributed by atoms with Crippen LogP contribution in [0.1, 0.15) is 11.6 Å². The largest absolute Gasteiger partial charge is 0.508 e. The molecule has 2 rings (SSSR count). The summed E-state index contributed by atoms with van der Waals surface area (Å²) in [6.45, 7) is 0.233. The maximum absolute atomic E-state index is 11.4. The molecule has 1 aromatic carbocycles. The molecule has 0 aromatic heterocycles. The average Bonchev–Trinajstić information content (AvgIpc) is 2.30. The number of benzene rings is 1. The number of nitrogens with zero attached hydrogens (tertiary/aromatic N) is 1. The second-order valence-electron chi connectivity index (χ2n) is 3.93. The molecule has 0 saturated carbocycles. The summed E-state index contributed by atoms with van der Waals surface area (Å²) >= 11 is 0. The van der Waals surface area contributed by atoms with Gasteiger partial charge in [0.05, 0.1) is 0 Å². The predicted molar refractivity (Wildman–Crippen MR) is 58.2 cm³/mol. The van der Waals surface area contributed by atoms with Gasteiger partial charge in [-0.05, 0) is 17.7 Å². The van der Waals surface area contributed by atoms with Gasteiger partial charge in [0.25, 0.3) is 0 Å². The average molecular weight is 236 g/mol. The van der Waals surface area contributed by atoms with Crippen LogP contribution in [-0.4, -0.2) is 39.6 Å². The number of phenols is 1. The lowest BCUT2D eigenvalue weighted by molar-refractivity contribution is -0.158. The van der Waals surface area contributed by atoms with E-state index in [1.54, 1.807) is 0 Å². The molecule has 1 saturated heterocycles. The van der Waals surface area contributed by atoms with Crippen molar-refractivity contribution in [3.05, 3.63) is 29.8 Å². The normalized spacial score (nSPS) is 20.9. The summed E-state index contributed by atoms with van der Waals surface area (Å²) in [5.41, 5.74) is 5.87. The Morgan fingerprint density at radius 3 is 2.41 bits per heavy atom.